The Morgan fingerprint density at radius 3 is 2.23 bits per heavy atom. The van der Waals surface area contributed by atoms with Gasteiger partial charge in [0.25, 0.3) is 0 Å². The number of aliphatic hydroxyl groups is 1. The first-order valence-electron chi connectivity index (χ1n) is 6.88. The van der Waals surface area contributed by atoms with Crippen LogP contribution in [0.2, 0.25) is 0 Å². The fourth-order valence-electron chi connectivity index (χ4n) is 1.95. The Hall–Kier alpha value is -1.99. The van der Waals surface area contributed by atoms with Crippen LogP contribution in [0.4, 0.5) is 5.82 Å². The third-order valence-corrected chi connectivity index (χ3v) is 5.49. The molecule has 0 radical (unpaired) electrons. The monoisotopic (exact) mass is 321 g/mol. The van der Waals surface area contributed by atoms with Crippen LogP contribution in [0, 0.1) is 0 Å². The Balaban J connectivity index is 2.42. The molecule has 118 valence electrons. The fraction of sp³-hybridized carbons (Fsp3) is 0.333. The van der Waals surface area contributed by atoms with Gasteiger partial charge < -0.3 is 10.8 Å². The van der Waals surface area contributed by atoms with Crippen molar-refractivity contribution in [3.8, 4) is 11.3 Å². The second kappa shape index (κ2) is 6.02. The first kappa shape index (κ1) is 16.4. The third-order valence-electron chi connectivity index (χ3n) is 3.32. The molecule has 6 nitrogen and oxygen atoms in total. The van der Waals surface area contributed by atoms with Crippen LogP contribution in [-0.4, -0.2) is 28.7 Å². The van der Waals surface area contributed by atoms with Crippen molar-refractivity contribution in [3.05, 3.63) is 36.2 Å². The lowest BCUT2D eigenvalue weighted by Gasteiger charge is -2.10. The van der Waals surface area contributed by atoms with E-state index in [1.54, 1.807) is 45.0 Å². The highest BCUT2D eigenvalue weighted by molar-refractivity contribution is 7.92. The lowest BCUT2D eigenvalue weighted by molar-refractivity contribution is 0.195. The molecule has 2 rings (SSSR count). The Bertz CT molecular complexity index is 769. The number of aliphatic hydroxyl groups excluding tert-OH is 1. The average Bonchev–Trinajstić information content (AvgIpc) is 2.47. The molecule has 1 atom stereocenters. The van der Waals surface area contributed by atoms with Crippen LogP contribution in [0.25, 0.3) is 11.3 Å². The van der Waals surface area contributed by atoms with Crippen LogP contribution in [-0.2, 0) is 9.84 Å². The summed E-state index contributed by atoms with van der Waals surface area (Å²) < 4.78 is 24.2. The number of hydrogen-bond acceptors (Lipinski definition) is 6. The van der Waals surface area contributed by atoms with Gasteiger partial charge in [0.05, 0.1) is 28.1 Å². The van der Waals surface area contributed by atoms with Gasteiger partial charge in [0.15, 0.2) is 9.84 Å². The van der Waals surface area contributed by atoms with Crippen LogP contribution < -0.4 is 5.73 Å². The molecule has 0 aliphatic rings. The molecule has 0 aliphatic heterocycles. The molecule has 0 saturated carbocycles. The van der Waals surface area contributed by atoms with Gasteiger partial charge in [-0.25, -0.2) is 18.4 Å². The summed E-state index contributed by atoms with van der Waals surface area (Å²) >= 11 is 0. The van der Waals surface area contributed by atoms with Gasteiger partial charge in [0.2, 0.25) is 0 Å². The summed E-state index contributed by atoms with van der Waals surface area (Å²) in [6.07, 6.45) is 0.667. The molecule has 0 spiro atoms. The first-order valence-corrected chi connectivity index (χ1v) is 8.43. The van der Waals surface area contributed by atoms with Crippen LogP contribution in [0.15, 0.2) is 35.4 Å². The quantitative estimate of drug-likeness (QED) is 0.891. The summed E-state index contributed by atoms with van der Waals surface area (Å²) in [6, 6.07) is 6.43. The van der Waals surface area contributed by atoms with Gasteiger partial charge >= 0.3 is 0 Å². The van der Waals surface area contributed by atoms with E-state index in [9.17, 15) is 13.5 Å². The largest absolute Gasteiger partial charge is 0.387 e. The Morgan fingerprint density at radius 2 is 1.73 bits per heavy atom. The Morgan fingerprint density at radius 1 is 1.14 bits per heavy atom. The highest BCUT2D eigenvalue weighted by Gasteiger charge is 2.19. The molecule has 1 heterocycles. The minimum Gasteiger partial charge on any atom is -0.387 e. The standard InChI is InChI=1S/C15H19N3O3S/c1-9(2)22(20,21)12-6-4-11(5-7-12)13-8-17-15(16)14(18-13)10(3)19/h4-10,19H,1-3H3,(H2,16,17)/t10-/m1/s1. The molecular formula is C15H19N3O3S. The highest BCUT2D eigenvalue weighted by Crippen LogP contribution is 2.24. The van der Waals surface area contributed by atoms with Crippen LogP contribution in [0.1, 0.15) is 32.6 Å². The van der Waals surface area contributed by atoms with Gasteiger partial charge in [-0.3, -0.25) is 0 Å². The number of nitrogens with zero attached hydrogens (tertiary/aromatic N) is 2. The average molecular weight is 321 g/mol. The first-order chi connectivity index (χ1) is 10.2. The number of nitrogen functional groups attached to an aromatic ring is 1. The maximum absolute atomic E-state index is 12.1. The summed E-state index contributed by atoms with van der Waals surface area (Å²) in [5, 5.41) is 9.15. The summed E-state index contributed by atoms with van der Waals surface area (Å²) in [6.45, 7) is 4.84. The third kappa shape index (κ3) is 3.10. The van der Waals surface area contributed by atoms with Gasteiger partial charge in [0.1, 0.15) is 11.5 Å². The molecule has 0 unspecified atom stereocenters. The van der Waals surface area contributed by atoms with E-state index in [0.717, 1.165) is 0 Å². The molecule has 0 bridgehead atoms. The van der Waals surface area contributed by atoms with Gasteiger partial charge in [-0.2, -0.15) is 0 Å². The van der Waals surface area contributed by atoms with E-state index >= 15 is 0 Å². The maximum atomic E-state index is 12.1. The molecular weight excluding hydrogens is 302 g/mol. The van der Waals surface area contributed by atoms with Gasteiger partial charge in [-0.1, -0.05) is 12.1 Å². The molecule has 0 saturated heterocycles. The van der Waals surface area contributed by atoms with E-state index < -0.39 is 21.2 Å². The summed E-state index contributed by atoms with van der Waals surface area (Å²) in [7, 11) is -3.30. The van der Waals surface area contributed by atoms with Crippen molar-refractivity contribution in [2.45, 2.75) is 37.0 Å². The van der Waals surface area contributed by atoms with E-state index in [-0.39, 0.29) is 10.7 Å². The zero-order chi connectivity index (χ0) is 16.5. The number of anilines is 1. The topological polar surface area (TPSA) is 106 Å². The smallest absolute Gasteiger partial charge is 0.180 e. The maximum Gasteiger partial charge on any atom is 0.180 e. The zero-order valence-corrected chi connectivity index (χ0v) is 13.5. The van der Waals surface area contributed by atoms with E-state index in [2.05, 4.69) is 9.97 Å². The lowest BCUT2D eigenvalue weighted by atomic mass is 10.1. The molecule has 3 N–H and O–H groups in total. The predicted molar refractivity (Wildman–Crippen MR) is 84.8 cm³/mol. The molecule has 0 fully saturated rings. The van der Waals surface area contributed by atoms with Crippen LogP contribution in [0.5, 0.6) is 0 Å². The van der Waals surface area contributed by atoms with Crippen LogP contribution in [0.3, 0.4) is 0 Å². The van der Waals surface area contributed by atoms with E-state index in [1.807, 2.05) is 0 Å². The number of hydrogen-bond donors (Lipinski definition) is 2. The number of sulfone groups is 1. The normalized spacial score (nSPS) is 13.3. The minimum absolute atomic E-state index is 0.178. The van der Waals surface area contributed by atoms with E-state index in [1.165, 1.54) is 6.20 Å². The van der Waals surface area contributed by atoms with E-state index in [0.29, 0.717) is 17.0 Å². The van der Waals surface area contributed by atoms with Gasteiger partial charge in [-0.05, 0) is 32.9 Å². The number of aromatic nitrogens is 2. The molecule has 7 heteroatoms. The van der Waals surface area contributed by atoms with E-state index in [4.69, 9.17) is 5.73 Å². The summed E-state index contributed by atoms with van der Waals surface area (Å²) in [4.78, 5) is 8.56. The predicted octanol–water partition coefficient (Wildman–Crippen LogP) is 1.96. The SMILES string of the molecule is CC(C)S(=O)(=O)c1ccc(-c2cnc(N)c([C@@H](C)O)n2)cc1. The van der Waals surface area contributed by atoms with Gasteiger partial charge in [0, 0.05) is 5.56 Å². The summed E-state index contributed by atoms with van der Waals surface area (Å²) in [5.41, 5.74) is 7.20. The Labute approximate surface area is 130 Å². The molecule has 1 aromatic carbocycles. The molecule has 0 amide bonds. The highest BCUT2D eigenvalue weighted by atomic mass is 32.2. The van der Waals surface area contributed by atoms with Crippen molar-refractivity contribution in [2.24, 2.45) is 0 Å². The van der Waals surface area contributed by atoms with Crippen molar-refractivity contribution in [1.82, 2.24) is 9.97 Å². The molecule has 0 aliphatic carbocycles. The number of nitrogens with two attached hydrogens (primary N) is 1. The van der Waals surface area contributed by atoms with Crippen molar-refractivity contribution in [1.29, 1.82) is 0 Å². The number of benzene rings is 1. The van der Waals surface area contributed by atoms with Crippen LogP contribution >= 0.6 is 0 Å². The molecule has 1 aromatic heterocycles. The van der Waals surface area contributed by atoms with Crippen molar-refractivity contribution in [3.63, 3.8) is 0 Å². The number of rotatable bonds is 4. The molecule has 22 heavy (non-hydrogen) atoms. The van der Waals surface area contributed by atoms with Crippen molar-refractivity contribution >= 4 is 15.7 Å². The lowest BCUT2D eigenvalue weighted by Crippen LogP contribution is -2.13. The Kier molecular flexibility index (Phi) is 4.48. The van der Waals surface area contributed by atoms with Gasteiger partial charge in [-0.15, -0.1) is 0 Å². The summed E-state index contributed by atoms with van der Waals surface area (Å²) in [5.74, 6) is 0.178. The minimum atomic E-state index is -3.30. The zero-order valence-electron chi connectivity index (χ0n) is 12.7. The molecule has 2 aromatic rings. The fourth-order valence-corrected chi connectivity index (χ4v) is 3.01. The van der Waals surface area contributed by atoms with Crippen molar-refractivity contribution in [2.75, 3.05) is 5.73 Å². The second-order valence-corrected chi connectivity index (χ2v) is 7.82. The second-order valence-electron chi connectivity index (χ2n) is 5.32. The van der Waals surface area contributed by atoms with Crippen molar-refractivity contribution < 1.29 is 13.5 Å².